The van der Waals surface area contributed by atoms with Crippen molar-refractivity contribution in [1.29, 1.82) is 0 Å². The van der Waals surface area contributed by atoms with E-state index in [0.717, 1.165) is 10.5 Å². The number of nitrogens with two attached hydrogens (primary N) is 1. The van der Waals surface area contributed by atoms with Crippen molar-refractivity contribution >= 4 is 29.1 Å². The second-order valence-electron chi connectivity index (χ2n) is 4.61. The molecule has 0 bridgehead atoms. The summed E-state index contributed by atoms with van der Waals surface area (Å²) in [6.45, 7) is 1.81. The smallest absolute Gasteiger partial charge is 0.0962 e. The van der Waals surface area contributed by atoms with E-state index in [2.05, 4.69) is 0 Å². The van der Waals surface area contributed by atoms with Crippen molar-refractivity contribution in [3.05, 3.63) is 59.1 Å². The van der Waals surface area contributed by atoms with Crippen LogP contribution < -0.4 is 5.73 Å². The summed E-state index contributed by atoms with van der Waals surface area (Å²) < 4.78 is 0. The second-order valence-corrected chi connectivity index (χ2v) is 6.07. The van der Waals surface area contributed by atoms with Gasteiger partial charge in [0.1, 0.15) is 0 Å². The molecule has 0 radical (unpaired) electrons. The highest BCUT2D eigenvalue weighted by Crippen LogP contribution is 2.31. The van der Waals surface area contributed by atoms with Crippen LogP contribution in [0.1, 0.15) is 12.5 Å². The van der Waals surface area contributed by atoms with E-state index in [9.17, 15) is 5.11 Å². The summed E-state index contributed by atoms with van der Waals surface area (Å²) in [6.07, 6.45) is 0. The van der Waals surface area contributed by atoms with Gasteiger partial charge in [0.2, 0.25) is 0 Å². The molecule has 0 saturated carbocycles. The highest BCUT2D eigenvalue weighted by atomic mass is 35.5. The number of hydrogen-bond donors (Lipinski definition) is 2. The molecule has 0 amide bonds. The Morgan fingerprint density at radius 3 is 2.53 bits per heavy atom. The molecule has 2 aromatic carbocycles. The molecule has 1 unspecified atom stereocenters. The van der Waals surface area contributed by atoms with E-state index in [0.29, 0.717) is 16.5 Å². The van der Waals surface area contributed by atoms with E-state index >= 15 is 0 Å². The molecule has 1 atom stereocenters. The number of anilines is 1. The van der Waals surface area contributed by atoms with E-state index in [-0.39, 0.29) is 0 Å². The Kier molecular flexibility index (Phi) is 4.40. The monoisotopic (exact) mass is 293 g/mol. The summed E-state index contributed by atoms with van der Waals surface area (Å²) in [5, 5.41) is 11.0. The quantitative estimate of drug-likeness (QED) is 0.663. The van der Waals surface area contributed by atoms with Gasteiger partial charge < -0.3 is 10.8 Å². The van der Waals surface area contributed by atoms with Crippen molar-refractivity contribution in [2.45, 2.75) is 17.4 Å². The van der Waals surface area contributed by atoms with Crippen LogP contribution in [-0.2, 0) is 5.60 Å². The molecule has 0 saturated heterocycles. The Morgan fingerprint density at radius 2 is 1.89 bits per heavy atom. The minimum Gasteiger partial charge on any atom is -0.398 e. The Bertz CT molecular complexity index is 557. The van der Waals surface area contributed by atoms with Crippen LogP contribution in [0.2, 0.25) is 5.02 Å². The molecule has 0 heterocycles. The standard InChI is InChI=1S/C15H16ClNOS/c1-15(18,11-5-3-2-4-6-11)10-19-12-7-8-14(17)13(16)9-12/h2-9,18H,10,17H2,1H3. The van der Waals surface area contributed by atoms with Crippen molar-refractivity contribution in [3.8, 4) is 0 Å². The minimum atomic E-state index is -0.875. The average Bonchev–Trinajstić information content (AvgIpc) is 2.41. The number of rotatable bonds is 4. The fourth-order valence-corrected chi connectivity index (χ4v) is 2.93. The molecule has 0 aliphatic carbocycles. The fraction of sp³-hybridized carbons (Fsp3) is 0.200. The van der Waals surface area contributed by atoms with Gasteiger partial charge in [0.25, 0.3) is 0 Å². The molecule has 0 aromatic heterocycles. The highest BCUT2D eigenvalue weighted by Gasteiger charge is 2.22. The van der Waals surface area contributed by atoms with E-state index in [1.165, 1.54) is 0 Å². The molecule has 2 nitrogen and oxygen atoms in total. The zero-order chi connectivity index (χ0) is 13.9. The predicted octanol–water partition coefficient (Wildman–Crippen LogP) is 3.92. The van der Waals surface area contributed by atoms with Crippen LogP contribution in [0.25, 0.3) is 0 Å². The van der Waals surface area contributed by atoms with Gasteiger partial charge in [-0.1, -0.05) is 41.9 Å². The van der Waals surface area contributed by atoms with Gasteiger partial charge in [-0.15, -0.1) is 11.8 Å². The molecular formula is C15H16ClNOS. The number of halogens is 1. The maximum atomic E-state index is 10.5. The van der Waals surface area contributed by atoms with Crippen molar-refractivity contribution in [2.24, 2.45) is 0 Å². The molecule has 19 heavy (non-hydrogen) atoms. The van der Waals surface area contributed by atoms with Gasteiger partial charge in [-0.3, -0.25) is 0 Å². The number of aliphatic hydroxyl groups is 1. The van der Waals surface area contributed by atoms with E-state index < -0.39 is 5.60 Å². The van der Waals surface area contributed by atoms with E-state index in [4.69, 9.17) is 17.3 Å². The molecule has 0 fully saturated rings. The molecular weight excluding hydrogens is 278 g/mol. The topological polar surface area (TPSA) is 46.2 Å². The summed E-state index contributed by atoms with van der Waals surface area (Å²) in [7, 11) is 0. The summed E-state index contributed by atoms with van der Waals surface area (Å²) in [5.41, 5.74) is 6.27. The Morgan fingerprint density at radius 1 is 1.21 bits per heavy atom. The Balaban J connectivity index is 2.07. The molecule has 100 valence electrons. The number of thioether (sulfide) groups is 1. The van der Waals surface area contributed by atoms with Crippen LogP contribution in [0.5, 0.6) is 0 Å². The van der Waals surface area contributed by atoms with Crippen molar-refractivity contribution < 1.29 is 5.11 Å². The summed E-state index contributed by atoms with van der Waals surface area (Å²) in [4.78, 5) is 0.996. The number of hydrogen-bond acceptors (Lipinski definition) is 3. The van der Waals surface area contributed by atoms with Crippen molar-refractivity contribution in [3.63, 3.8) is 0 Å². The van der Waals surface area contributed by atoms with Gasteiger partial charge in [-0.05, 0) is 30.7 Å². The zero-order valence-corrected chi connectivity index (χ0v) is 12.2. The van der Waals surface area contributed by atoms with Crippen molar-refractivity contribution in [2.75, 3.05) is 11.5 Å². The third-order valence-corrected chi connectivity index (χ3v) is 4.51. The molecule has 0 spiro atoms. The van der Waals surface area contributed by atoms with Crippen LogP contribution in [0.4, 0.5) is 5.69 Å². The molecule has 0 aliphatic rings. The third-order valence-electron chi connectivity index (χ3n) is 2.89. The molecule has 4 heteroatoms. The SMILES string of the molecule is CC(O)(CSc1ccc(N)c(Cl)c1)c1ccccc1. The predicted molar refractivity (Wildman–Crippen MR) is 82.6 cm³/mol. The van der Waals surface area contributed by atoms with Crippen LogP contribution in [0.3, 0.4) is 0 Å². The molecule has 3 N–H and O–H groups in total. The van der Waals surface area contributed by atoms with Gasteiger partial charge in [0.05, 0.1) is 16.3 Å². The van der Waals surface area contributed by atoms with Gasteiger partial charge in [-0.25, -0.2) is 0 Å². The molecule has 2 aromatic rings. The number of nitrogen functional groups attached to an aromatic ring is 1. The first-order chi connectivity index (χ1) is 8.99. The lowest BCUT2D eigenvalue weighted by Crippen LogP contribution is -2.24. The van der Waals surface area contributed by atoms with Gasteiger partial charge in [0, 0.05) is 10.6 Å². The first-order valence-corrected chi connectivity index (χ1v) is 7.31. The minimum absolute atomic E-state index is 0.546. The lowest BCUT2D eigenvalue weighted by Gasteiger charge is -2.23. The second kappa shape index (κ2) is 5.87. The van der Waals surface area contributed by atoms with Crippen LogP contribution in [0.15, 0.2) is 53.4 Å². The Hall–Kier alpha value is -1.16. The first kappa shape index (κ1) is 14.3. The van der Waals surface area contributed by atoms with Gasteiger partial charge in [0.15, 0.2) is 0 Å². The van der Waals surface area contributed by atoms with Crippen molar-refractivity contribution in [1.82, 2.24) is 0 Å². The summed E-state index contributed by atoms with van der Waals surface area (Å²) in [6, 6.07) is 15.2. The van der Waals surface area contributed by atoms with Crippen LogP contribution in [-0.4, -0.2) is 10.9 Å². The fourth-order valence-electron chi connectivity index (χ4n) is 1.70. The molecule has 0 aliphatic heterocycles. The largest absolute Gasteiger partial charge is 0.398 e. The highest BCUT2D eigenvalue weighted by molar-refractivity contribution is 7.99. The maximum Gasteiger partial charge on any atom is 0.0962 e. The Labute approximate surface area is 122 Å². The van der Waals surface area contributed by atoms with E-state index in [1.54, 1.807) is 17.8 Å². The maximum absolute atomic E-state index is 10.5. The summed E-state index contributed by atoms with van der Waals surface area (Å²) in [5.74, 6) is 0.553. The van der Waals surface area contributed by atoms with E-state index in [1.807, 2.05) is 49.4 Å². The van der Waals surface area contributed by atoms with Crippen LogP contribution >= 0.6 is 23.4 Å². The summed E-state index contributed by atoms with van der Waals surface area (Å²) >= 11 is 7.54. The van der Waals surface area contributed by atoms with Crippen LogP contribution in [0, 0.1) is 0 Å². The third kappa shape index (κ3) is 3.66. The first-order valence-electron chi connectivity index (χ1n) is 5.95. The molecule has 2 rings (SSSR count). The lowest BCUT2D eigenvalue weighted by molar-refractivity contribution is 0.0839. The number of benzene rings is 2. The average molecular weight is 294 g/mol. The normalized spacial score (nSPS) is 14.1. The van der Waals surface area contributed by atoms with Gasteiger partial charge >= 0.3 is 0 Å². The lowest BCUT2D eigenvalue weighted by atomic mass is 9.99. The van der Waals surface area contributed by atoms with Gasteiger partial charge in [-0.2, -0.15) is 0 Å². The zero-order valence-electron chi connectivity index (χ0n) is 10.6.